The van der Waals surface area contributed by atoms with Crippen LogP contribution in [0.5, 0.6) is 0 Å². The molecule has 2 rings (SSSR count). The highest BCUT2D eigenvalue weighted by molar-refractivity contribution is 5.27. The zero-order valence-corrected chi connectivity index (χ0v) is 12.2. The van der Waals surface area contributed by atoms with Crippen LogP contribution in [0.2, 0.25) is 0 Å². The average molecular weight is 264 g/mol. The maximum atomic E-state index is 13.4. The highest BCUT2D eigenvalue weighted by atomic mass is 19.1. The molecule has 3 unspecified atom stereocenters. The SMILES string of the molecule is CCC1CCC(C)N1C(CN)c1ccc(F)c(C)c1. The van der Waals surface area contributed by atoms with E-state index in [2.05, 4.69) is 18.7 Å². The van der Waals surface area contributed by atoms with Gasteiger partial charge < -0.3 is 5.73 Å². The molecule has 3 atom stereocenters. The summed E-state index contributed by atoms with van der Waals surface area (Å²) >= 11 is 0. The fraction of sp³-hybridized carbons (Fsp3) is 0.625. The molecule has 1 aromatic rings. The van der Waals surface area contributed by atoms with Crippen molar-refractivity contribution in [3.05, 3.63) is 35.1 Å². The summed E-state index contributed by atoms with van der Waals surface area (Å²) in [5.41, 5.74) is 7.87. The maximum absolute atomic E-state index is 13.4. The van der Waals surface area contributed by atoms with Gasteiger partial charge in [0.25, 0.3) is 0 Å². The molecule has 0 bridgehead atoms. The van der Waals surface area contributed by atoms with Gasteiger partial charge in [-0.1, -0.05) is 19.1 Å². The molecule has 0 radical (unpaired) electrons. The zero-order chi connectivity index (χ0) is 14.0. The summed E-state index contributed by atoms with van der Waals surface area (Å²) in [4.78, 5) is 2.53. The van der Waals surface area contributed by atoms with Crippen LogP contribution in [-0.4, -0.2) is 23.5 Å². The number of aryl methyl sites for hydroxylation is 1. The molecule has 1 aromatic carbocycles. The summed E-state index contributed by atoms with van der Waals surface area (Å²) in [7, 11) is 0. The van der Waals surface area contributed by atoms with Gasteiger partial charge in [-0.05, 0) is 50.3 Å². The molecule has 19 heavy (non-hydrogen) atoms. The minimum Gasteiger partial charge on any atom is -0.329 e. The summed E-state index contributed by atoms with van der Waals surface area (Å²) in [6, 6.07) is 6.77. The Kier molecular flexibility index (Phi) is 4.58. The summed E-state index contributed by atoms with van der Waals surface area (Å²) in [6.07, 6.45) is 3.63. The van der Waals surface area contributed by atoms with Gasteiger partial charge in [0.2, 0.25) is 0 Å². The molecule has 0 aromatic heterocycles. The van der Waals surface area contributed by atoms with Gasteiger partial charge in [-0.3, -0.25) is 4.90 Å². The Hall–Kier alpha value is -0.930. The quantitative estimate of drug-likeness (QED) is 0.903. The van der Waals surface area contributed by atoms with Crippen LogP contribution >= 0.6 is 0 Å². The summed E-state index contributed by atoms with van der Waals surface area (Å²) < 4.78 is 13.4. The molecule has 1 fully saturated rings. The van der Waals surface area contributed by atoms with Crippen LogP contribution in [0.25, 0.3) is 0 Å². The van der Waals surface area contributed by atoms with Crippen molar-refractivity contribution < 1.29 is 4.39 Å². The molecule has 0 aliphatic carbocycles. The number of rotatable bonds is 4. The Labute approximate surface area is 115 Å². The third-order valence-corrected chi connectivity index (χ3v) is 4.47. The maximum Gasteiger partial charge on any atom is 0.126 e. The number of nitrogens with zero attached hydrogens (tertiary/aromatic N) is 1. The molecular weight excluding hydrogens is 239 g/mol. The van der Waals surface area contributed by atoms with E-state index in [9.17, 15) is 4.39 Å². The van der Waals surface area contributed by atoms with E-state index in [4.69, 9.17) is 5.73 Å². The van der Waals surface area contributed by atoms with Crippen LogP contribution in [0.15, 0.2) is 18.2 Å². The van der Waals surface area contributed by atoms with Crippen molar-refractivity contribution in [2.45, 2.75) is 58.2 Å². The smallest absolute Gasteiger partial charge is 0.126 e. The normalized spacial score (nSPS) is 25.7. The summed E-state index contributed by atoms with van der Waals surface area (Å²) in [5, 5.41) is 0. The van der Waals surface area contributed by atoms with E-state index in [0.29, 0.717) is 24.2 Å². The minimum atomic E-state index is -0.138. The van der Waals surface area contributed by atoms with Crippen LogP contribution < -0.4 is 5.73 Å². The molecule has 1 aliphatic rings. The number of benzene rings is 1. The number of hydrogen-bond donors (Lipinski definition) is 1. The van der Waals surface area contributed by atoms with E-state index in [1.165, 1.54) is 12.8 Å². The first-order valence-corrected chi connectivity index (χ1v) is 7.32. The molecule has 1 saturated heterocycles. The minimum absolute atomic E-state index is 0.138. The van der Waals surface area contributed by atoms with Crippen LogP contribution in [-0.2, 0) is 0 Å². The van der Waals surface area contributed by atoms with Gasteiger partial charge in [0.1, 0.15) is 5.82 Å². The fourth-order valence-electron chi connectivity index (χ4n) is 3.37. The lowest BCUT2D eigenvalue weighted by Crippen LogP contribution is -2.41. The summed E-state index contributed by atoms with van der Waals surface area (Å²) in [5.74, 6) is -0.138. The average Bonchev–Trinajstić information content (AvgIpc) is 2.76. The molecule has 0 saturated carbocycles. The number of likely N-dealkylation sites (tertiary alicyclic amines) is 1. The fourth-order valence-corrected chi connectivity index (χ4v) is 3.37. The Morgan fingerprint density at radius 2 is 2.16 bits per heavy atom. The topological polar surface area (TPSA) is 29.3 Å². The third-order valence-electron chi connectivity index (χ3n) is 4.47. The lowest BCUT2D eigenvalue weighted by Gasteiger charge is -2.36. The van der Waals surface area contributed by atoms with Crippen molar-refractivity contribution in [1.82, 2.24) is 4.90 Å². The monoisotopic (exact) mass is 264 g/mol. The first kappa shape index (κ1) is 14.5. The van der Waals surface area contributed by atoms with Gasteiger partial charge in [-0.25, -0.2) is 4.39 Å². The van der Waals surface area contributed by atoms with E-state index in [1.54, 1.807) is 6.07 Å². The van der Waals surface area contributed by atoms with E-state index >= 15 is 0 Å². The van der Waals surface area contributed by atoms with Gasteiger partial charge in [-0.15, -0.1) is 0 Å². The number of halogens is 1. The molecule has 106 valence electrons. The number of hydrogen-bond acceptors (Lipinski definition) is 2. The zero-order valence-electron chi connectivity index (χ0n) is 12.2. The Bertz CT molecular complexity index is 433. The van der Waals surface area contributed by atoms with Crippen molar-refractivity contribution in [1.29, 1.82) is 0 Å². The molecule has 0 amide bonds. The third kappa shape index (κ3) is 2.82. The molecule has 3 heteroatoms. The molecule has 1 aliphatic heterocycles. The van der Waals surface area contributed by atoms with E-state index in [0.717, 1.165) is 12.0 Å². The highest BCUT2D eigenvalue weighted by Crippen LogP contribution is 2.35. The van der Waals surface area contributed by atoms with E-state index < -0.39 is 0 Å². The Balaban J connectivity index is 2.30. The van der Waals surface area contributed by atoms with Crippen LogP contribution in [0.1, 0.15) is 50.3 Å². The number of nitrogens with two attached hydrogens (primary N) is 1. The van der Waals surface area contributed by atoms with Crippen molar-refractivity contribution in [2.24, 2.45) is 5.73 Å². The van der Waals surface area contributed by atoms with Crippen molar-refractivity contribution in [3.63, 3.8) is 0 Å². The predicted octanol–water partition coefficient (Wildman–Crippen LogP) is 3.40. The van der Waals surface area contributed by atoms with Crippen LogP contribution in [0.3, 0.4) is 0 Å². The summed E-state index contributed by atoms with van der Waals surface area (Å²) in [6.45, 7) is 6.91. The van der Waals surface area contributed by atoms with Gasteiger partial charge in [0, 0.05) is 24.7 Å². The standard InChI is InChI=1S/C16H25FN2/c1-4-14-7-5-12(3)19(14)16(10-18)13-6-8-15(17)11(2)9-13/h6,8-9,12,14,16H,4-5,7,10,18H2,1-3H3. The van der Waals surface area contributed by atoms with Crippen LogP contribution in [0, 0.1) is 12.7 Å². The second-order valence-electron chi connectivity index (χ2n) is 5.70. The lowest BCUT2D eigenvalue weighted by atomic mass is 10.0. The molecule has 2 N–H and O–H groups in total. The highest BCUT2D eigenvalue weighted by Gasteiger charge is 2.34. The van der Waals surface area contributed by atoms with Crippen molar-refractivity contribution in [3.8, 4) is 0 Å². The molecule has 1 heterocycles. The van der Waals surface area contributed by atoms with E-state index in [-0.39, 0.29) is 11.9 Å². The molecule has 2 nitrogen and oxygen atoms in total. The first-order valence-electron chi connectivity index (χ1n) is 7.32. The molecule has 0 spiro atoms. The van der Waals surface area contributed by atoms with E-state index in [1.807, 2.05) is 19.1 Å². The second kappa shape index (κ2) is 6.02. The van der Waals surface area contributed by atoms with Gasteiger partial charge in [-0.2, -0.15) is 0 Å². The predicted molar refractivity (Wildman–Crippen MR) is 77.5 cm³/mol. The first-order chi connectivity index (χ1) is 9.08. The Morgan fingerprint density at radius 3 is 2.74 bits per heavy atom. The Morgan fingerprint density at radius 1 is 1.42 bits per heavy atom. The lowest BCUT2D eigenvalue weighted by molar-refractivity contribution is 0.137. The van der Waals surface area contributed by atoms with Crippen LogP contribution in [0.4, 0.5) is 4.39 Å². The molecular formula is C16H25FN2. The second-order valence-corrected chi connectivity index (χ2v) is 5.70. The van der Waals surface area contributed by atoms with Gasteiger partial charge in [0.15, 0.2) is 0 Å². The van der Waals surface area contributed by atoms with Gasteiger partial charge in [0.05, 0.1) is 0 Å². The van der Waals surface area contributed by atoms with Gasteiger partial charge >= 0.3 is 0 Å². The van der Waals surface area contributed by atoms with Crippen molar-refractivity contribution >= 4 is 0 Å². The van der Waals surface area contributed by atoms with Crippen molar-refractivity contribution in [2.75, 3.05) is 6.54 Å². The largest absolute Gasteiger partial charge is 0.329 e.